The summed E-state index contributed by atoms with van der Waals surface area (Å²) >= 11 is 0. The Hall–Kier alpha value is -0.370. The summed E-state index contributed by atoms with van der Waals surface area (Å²) in [6, 6.07) is 0. The van der Waals surface area contributed by atoms with Gasteiger partial charge in [0.2, 0.25) is 0 Å². The van der Waals surface area contributed by atoms with E-state index in [0.29, 0.717) is 18.4 Å². The fraction of sp³-hybridized carbons (Fsp3) is 0.833. The predicted octanol–water partition coefficient (Wildman–Crippen LogP) is 0.867. The first kappa shape index (κ1) is 7.63. The third-order valence-corrected chi connectivity index (χ3v) is 1.53. The van der Waals surface area contributed by atoms with Crippen LogP contribution in [0.1, 0.15) is 13.8 Å². The molecule has 2 nitrogen and oxygen atoms in total. The second-order valence-corrected chi connectivity index (χ2v) is 2.24. The molecule has 0 fully saturated rings. The molecule has 3 N–H and O–H groups in total. The van der Waals surface area contributed by atoms with Gasteiger partial charge in [0.25, 0.3) is 0 Å². The summed E-state index contributed by atoms with van der Waals surface area (Å²) in [6.45, 7) is 4.73. The molecular weight excluding hydrogens is 100 g/mol. The highest BCUT2D eigenvalue weighted by Crippen LogP contribution is 2.04. The third-order valence-electron chi connectivity index (χ3n) is 1.53. The van der Waals surface area contributed by atoms with Crippen molar-refractivity contribution in [3.05, 3.63) is 0 Å². The lowest BCUT2D eigenvalue weighted by Crippen LogP contribution is -2.18. The van der Waals surface area contributed by atoms with E-state index in [1.807, 2.05) is 6.92 Å². The molecule has 0 aromatic heterocycles. The van der Waals surface area contributed by atoms with Crippen LogP contribution in [0.3, 0.4) is 0 Å². The molecule has 48 valence electrons. The maximum atomic E-state index is 6.86. The Labute approximate surface area is 50.6 Å². The molecule has 0 saturated carbocycles. The van der Waals surface area contributed by atoms with Crippen LogP contribution in [-0.4, -0.2) is 12.8 Å². The molecule has 0 aliphatic heterocycles. The van der Waals surface area contributed by atoms with Crippen LogP contribution in [0, 0.1) is 17.2 Å². The van der Waals surface area contributed by atoms with Gasteiger partial charge in [0.15, 0.2) is 0 Å². The Balaban J connectivity index is 3.44. The molecule has 0 aliphatic carbocycles. The lowest BCUT2D eigenvalue weighted by atomic mass is 9.98. The van der Waals surface area contributed by atoms with Gasteiger partial charge in [-0.1, -0.05) is 13.8 Å². The zero-order chi connectivity index (χ0) is 6.57. The van der Waals surface area contributed by atoms with Crippen LogP contribution in [0.2, 0.25) is 0 Å². The highest BCUT2D eigenvalue weighted by Gasteiger charge is 2.05. The smallest absolute Gasteiger partial charge is 0.00163 e. The third kappa shape index (κ3) is 2.07. The van der Waals surface area contributed by atoms with Crippen molar-refractivity contribution in [1.29, 1.82) is 5.41 Å². The summed E-state index contributed by atoms with van der Waals surface area (Å²) in [5.74, 6) is 0.785. The molecule has 2 heteroatoms. The summed E-state index contributed by atoms with van der Waals surface area (Å²) in [5.41, 5.74) is 5.35. The van der Waals surface area contributed by atoms with E-state index >= 15 is 0 Å². The Kier molecular flexibility index (Phi) is 3.44. The minimum absolute atomic E-state index is 0.333. The van der Waals surface area contributed by atoms with Gasteiger partial charge in [0, 0.05) is 0 Å². The highest BCUT2D eigenvalue weighted by molar-refractivity contribution is 5.56. The van der Waals surface area contributed by atoms with E-state index in [1.165, 1.54) is 6.21 Å². The average Bonchev–Trinajstić information content (AvgIpc) is 1.84. The summed E-state index contributed by atoms with van der Waals surface area (Å²) < 4.78 is 0. The molecular formula is C6H14N2. The van der Waals surface area contributed by atoms with Crippen molar-refractivity contribution < 1.29 is 0 Å². The van der Waals surface area contributed by atoms with E-state index in [9.17, 15) is 0 Å². The maximum absolute atomic E-state index is 6.86. The van der Waals surface area contributed by atoms with E-state index in [4.69, 9.17) is 11.1 Å². The standard InChI is InChI=1S/C6H14N2/c1-5(3-7)6(2)4-8/h3,5-7H,4,8H2,1-2H3/t5?,6-/m1/s1. The van der Waals surface area contributed by atoms with E-state index in [0.717, 1.165) is 0 Å². The monoisotopic (exact) mass is 114 g/mol. The van der Waals surface area contributed by atoms with Crippen molar-refractivity contribution in [2.24, 2.45) is 17.6 Å². The molecule has 0 aliphatic rings. The van der Waals surface area contributed by atoms with E-state index in [1.54, 1.807) is 0 Å². The minimum Gasteiger partial charge on any atom is -0.330 e. The topological polar surface area (TPSA) is 49.9 Å². The van der Waals surface area contributed by atoms with Gasteiger partial charge >= 0.3 is 0 Å². The van der Waals surface area contributed by atoms with Gasteiger partial charge < -0.3 is 11.1 Å². The molecule has 0 aromatic rings. The highest BCUT2D eigenvalue weighted by atomic mass is 14.5. The van der Waals surface area contributed by atoms with Crippen LogP contribution < -0.4 is 5.73 Å². The van der Waals surface area contributed by atoms with Crippen molar-refractivity contribution in [1.82, 2.24) is 0 Å². The molecule has 0 radical (unpaired) electrons. The molecule has 0 rings (SSSR count). The normalized spacial score (nSPS) is 17.4. The first-order chi connectivity index (χ1) is 3.72. The Morgan fingerprint density at radius 3 is 2.25 bits per heavy atom. The van der Waals surface area contributed by atoms with Gasteiger partial charge in [-0.25, -0.2) is 0 Å². The molecule has 0 amide bonds. The van der Waals surface area contributed by atoms with Crippen molar-refractivity contribution in [3.63, 3.8) is 0 Å². The molecule has 2 atom stereocenters. The fourth-order valence-corrected chi connectivity index (χ4v) is 0.379. The Morgan fingerprint density at radius 1 is 1.62 bits per heavy atom. The molecule has 8 heavy (non-hydrogen) atoms. The second kappa shape index (κ2) is 3.61. The fourth-order valence-electron chi connectivity index (χ4n) is 0.379. The van der Waals surface area contributed by atoms with Gasteiger partial charge in [-0.3, -0.25) is 0 Å². The number of rotatable bonds is 3. The van der Waals surface area contributed by atoms with Crippen LogP contribution in [0.15, 0.2) is 0 Å². The predicted molar refractivity (Wildman–Crippen MR) is 36.2 cm³/mol. The van der Waals surface area contributed by atoms with Crippen LogP contribution in [0.5, 0.6) is 0 Å². The first-order valence-electron chi connectivity index (χ1n) is 2.93. The van der Waals surface area contributed by atoms with Crippen LogP contribution in [0.4, 0.5) is 0 Å². The van der Waals surface area contributed by atoms with Crippen molar-refractivity contribution in [2.75, 3.05) is 6.54 Å². The van der Waals surface area contributed by atoms with Crippen molar-refractivity contribution >= 4 is 6.21 Å². The Morgan fingerprint density at radius 2 is 2.12 bits per heavy atom. The van der Waals surface area contributed by atoms with Crippen LogP contribution in [0.25, 0.3) is 0 Å². The lowest BCUT2D eigenvalue weighted by molar-refractivity contribution is 0.501. The number of nitrogens with two attached hydrogens (primary N) is 1. The molecule has 0 saturated heterocycles. The van der Waals surface area contributed by atoms with E-state index < -0.39 is 0 Å². The van der Waals surface area contributed by atoms with Gasteiger partial charge in [0.05, 0.1) is 0 Å². The zero-order valence-corrected chi connectivity index (χ0v) is 5.52. The van der Waals surface area contributed by atoms with Crippen LogP contribution in [-0.2, 0) is 0 Å². The van der Waals surface area contributed by atoms with Gasteiger partial charge in [-0.05, 0) is 24.6 Å². The molecule has 1 unspecified atom stereocenters. The number of nitrogens with one attached hydrogen (secondary N) is 1. The summed E-state index contributed by atoms with van der Waals surface area (Å²) in [4.78, 5) is 0. The Bertz CT molecular complexity index is 70.9. The summed E-state index contributed by atoms with van der Waals surface area (Å²) in [7, 11) is 0. The van der Waals surface area contributed by atoms with Crippen LogP contribution >= 0.6 is 0 Å². The largest absolute Gasteiger partial charge is 0.330 e. The van der Waals surface area contributed by atoms with Crippen molar-refractivity contribution in [3.8, 4) is 0 Å². The van der Waals surface area contributed by atoms with E-state index in [-0.39, 0.29) is 0 Å². The molecule has 0 bridgehead atoms. The first-order valence-corrected chi connectivity index (χ1v) is 2.93. The summed E-state index contributed by atoms with van der Waals surface area (Å²) in [6.07, 6.45) is 1.44. The minimum atomic E-state index is 0.333. The quantitative estimate of drug-likeness (QED) is 0.525. The number of hydrogen-bond acceptors (Lipinski definition) is 2. The molecule has 0 heterocycles. The SMILES string of the molecule is CC(C=N)[C@H](C)CN. The van der Waals surface area contributed by atoms with Gasteiger partial charge in [-0.2, -0.15) is 0 Å². The van der Waals surface area contributed by atoms with Gasteiger partial charge in [-0.15, -0.1) is 0 Å². The maximum Gasteiger partial charge on any atom is -0.00163 e. The van der Waals surface area contributed by atoms with E-state index in [2.05, 4.69) is 6.92 Å². The molecule has 0 aromatic carbocycles. The zero-order valence-electron chi connectivity index (χ0n) is 5.52. The number of hydrogen-bond donors (Lipinski definition) is 2. The second-order valence-electron chi connectivity index (χ2n) is 2.24. The summed E-state index contributed by atoms with van der Waals surface area (Å²) in [5, 5.41) is 6.86. The lowest BCUT2D eigenvalue weighted by Gasteiger charge is -2.10. The van der Waals surface area contributed by atoms with Gasteiger partial charge in [0.1, 0.15) is 0 Å². The van der Waals surface area contributed by atoms with Crippen molar-refractivity contribution in [2.45, 2.75) is 13.8 Å². The average molecular weight is 114 g/mol. The molecule has 0 spiro atoms.